The summed E-state index contributed by atoms with van der Waals surface area (Å²) < 4.78 is 55.0. The van der Waals surface area contributed by atoms with Crippen LogP contribution in [-0.2, 0) is 0 Å². The molecule has 2 N–H and O–H groups in total. The minimum atomic E-state index is -0.285. The highest BCUT2D eigenvalue weighted by molar-refractivity contribution is 6.18. The molecule has 3 aliphatic heterocycles. The summed E-state index contributed by atoms with van der Waals surface area (Å²) in [5, 5.41) is 22.1. The van der Waals surface area contributed by atoms with Crippen LogP contribution in [0.1, 0.15) is 86.7 Å². The SMILES string of the molecule is CCCNCCN1CCC(c2noc3cc(F)ccc23)CC1.Fc1ccc2c(C3CCN(CCCl)CC3)noc2c1.Fc1ccc2c(C3CCNCC3)noc2c1. The number of halogens is 4. The van der Waals surface area contributed by atoms with Gasteiger partial charge in [0.25, 0.3) is 0 Å². The van der Waals surface area contributed by atoms with E-state index in [0.29, 0.717) is 40.4 Å². The third-order valence-electron chi connectivity index (χ3n) is 11.5. The van der Waals surface area contributed by atoms with Crippen LogP contribution < -0.4 is 10.6 Å². The highest BCUT2D eigenvalue weighted by Gasteiger charge is 2.26. The molecule has 3 aromatic carbocycles. The summed E-state index contributed by atoms with van der Waals surface area (Å²) in [5.41, 5.74) is 4.60. The van der Waals surface area contributed by atoms with Gasteiger partial charge in [-0.1, -0.05) is 22.4 Å². The zero-order valence-electron chi connectivity index (χ0n) is 32.6. The summed E-state index contributed by atoms with van der Waals surface area (Å²) in [5.74, 6) is 1.10. The van der Waals surface area contributed by atoms with Crippen molar-refractivity contribution in [2.24, 2.45) is 0 Å². The lowest BCUT2D eigenvalue weighted by molar-refractivity contribution is 0.210. The second-order valence-corrected chi connectivity index (χ2v) is 15.7. The first-order valence-electron chi connectivity index (χ1n) is 20.5. The van der Waals surface area contributed by atoms with Crippen molar-refractivity contribution < 1.29 is 26.7 Å². The van der Waals surface area contributed by atoms with Crippen molar-refractivity contribution >= 4 is 44.5 Å². The van der Waals surface area contributed by atoms with Crippen molar-refractivity contribution in [1.82, 2.24) is 35.9 Å². The Kier molecular flexibility index (Phi) is 14.5. The van der Waals surface area contributed by atoms with Crippen molar-refractivity contribution in [3.05, 3.63) is 89.1 Å². The monoisotopic (exact) mass is 807 g/mol. The lowest BCUT2D eigenvalue weighted by atomic mass is 9.91. The first-order valence-corrected chi connectivity index (χ1v) is 21.0. The molecule has 0 bridgehead atoms. The van der Waals surface area contributed by atoms with Crippen LogP contribution in [0.25, 0.3) is 32.9 Å². The summed E-state index contributed by atoms with van der Waals surface area (Å²) >= 11 is 5.76. The van der Waals surface area contributed by atoms with E-state index in [4.69, 9.17) is 25.2 Å². The number of hydrogen-bond donors (Lipinski definition) is 2. The maximum Gasteiger partial charge on any atom is 0.170 e. The minimum absolute atomic E-state index is 0.274. The van der Waals surface area contributed by atoms with E-state index >= 15 is 0 Å². The lowest BCUT2D eigenvalue weighted by Crippen LogP contribution is -2.38. The summed E-state index contributed by atoms with van der Waals surface area (Å²) in [6.07, 6.45) is 7.60. The van der Waals surface area contributed by atoms with Crippen molar-refractivity contribution in [2.75, 3.05) is 71.3 Å². The quantitative estimate of drug-likeness (QED) is 0.103. The number of benzene rings is 3. The van der Waals surface area contributed by atoms with E-state index in [1.165, 1.54) is 42.8 Å². The molecule has 6 aromatic rings. The van der Waals surface area contributed by atoms with Crippen LogP contribution in [0.15, 0.2) is 68.2 Å². The Labute approximate surface area is 336 Å². The molecule has 0 atom stereocenters. The van der Waals surface area contributed by atoms with Gasteiger partial charge >= 0.3 is 0 Å². The molecule has 0 amide bonds. The summed E-state index contributed by atoms with van der Waals surface area (Å²) in [7, 11) is 0. The molecule has 0 spiro atoms. The Hall–Kier alpha value is -4.01. The molecule has 57 heavy (non-hydrogen) atoms. The van der Waals surface area contributed by atoms with Crippen molar-refractivity contribution in [1.29, 1.82) is 0 Å². The fraction of sp³-hybridized carbons (Fsp3) is 0.512. The summed E-state index contributed by atoms with van der Waals surface area (Å²) in [6, 6.07) is 13.9. The molecule has 306 valence electrons. The Morgan fingerprint density at radius 1 is 0.614 bits per heavy atom. The average molecular weight is 808 g/mol. The largest absolute Gasteiger partial charge is 0.356 e. The molecule has 0 radical (unpaired) electrons. The number of aromatic nitrogens is 3. The molecule has 0 unspecified atom stereocenters. The molecule has 0 saturated carbocycles. The molecule has 9 rings (SSSR count). The molecule has 3 fully saturated rings. The number of rotatable bonds is 10. The van der Waals surface area contributed by atoms with Crippen LogP contribution in [0.5, 0.6) is 0 Å². The average Bonchev–Trinajstić information content (AvgIpc) is 3.98. The van der Waals surface area contributed by atoms with Gasteiger partial charge in [0.05, 0.1) is 17.1 Å². The highest BCUT2D eigenvalue weighted by atomic mass is 35.5. The van der Waals surface area contributed by atoms with Gasteiger partial charge in [0.1, 0.15) is 17.5 Å². The Morgan fingerprint density at radius 2 is 1.02 bits per heavy atom. The number of piperidine rings is 3. The van der Waals surface area contributed by atoms with Crippen molar-refractivity contribution in [3.63, 3.8) is 0 Å². The molecule has 10 nitrogen and oxygen atoms in total. The van der Waals surface area contributed by atoms with Gasteiger partial charge in [-0.2, -0.15) is 0 Å². The smallest absolute Gasteiger partial charge is 0.170 e. The minimum Gasteiger partial charge on any atom is -0.356 e. The maximum absolute atomic E-state index is 13.2. The molecular formula is C43H53ClF3N7O3. The molecular weight excluding hydrogens is 755 g/mol. The van der Waals surface area contributed by atoms with E-state index in [1.54, 1.807) is 18.2 Å². The molecule has 3 saturated heterocycles. The number of likely N-dealkylation sites (tertiary alicyclic amines) is 2. The van der Waals surface area contributed by atoms with E-state index in [9.17, 15) is 13.2 Å². The molecule has 0 aliphatic carbocycles. The zero-order chi connectivity index (χ0) is 39.6. The van der Waals surface area contributed by atoms with Gasteiger partial charge in [-0.05, 0) is 127 Å². The number of nitrogens with one attached hydrogen (secondary N) is 2. The highest BCUT2D eigenvalue weighted by Crippen LogP contribution is 2.34. The van der Waals surface area contributed by atoms with Crippen molar-refractivity contribution in [3.8, 4) is 0 Å². The van der Waals surface area contributed by atoms with E-state index in [-0.39, 0.29) is 17.5 Å². The van der Waals surface area contributed by atoms with Crippen LogP contribution in [0.2, 0.25) is 0 Å². The topological polar surface area (TPSA) is 109 Å². The Morgan fingerprint density at radius 3 is 1.42 bits per heavy atom. The van der Waals surface area contributed by atoms with E-state index in [1.807, 2.05) is 0 Å². The maximum atomic E-state index is 13.2. The number of hydrogen-bond acceptors (Lipinski definition) is 10. The summed E-state index contributed by atoms with van der Waals surface area (Å²) in [4.78, 5) is 4.87. The van der Waals surface area contributed by atoms with Gasteiger partial charge in [0.15, 0.2) is 16.7 Å². The van der Waals surface area contributed by atoms with Gasteiger partial charge < -0.3 is 34.0 Å². The standard InChI is InChI=1S/C17H24FN3O.C14H16ClFN2O.C12H13FN2O/c1-2-7-19-8-11-21-9-5-13(6-10-21)17-15-4-3-14(18)12-16(15)22-20-17;15-5-8-18-6-3-10(4-7-18)14-12-2-1-11(16)9-13(12)19-17-14;13-9-1-2-10-11(7-9)16-15-12(10)8-3-5-14-6-4-8/h3-4,12-13,19H,2,5-11H2,1H3;1-2,9-10H,3-8H2;1-2,7-8,14H,3-6H2. The zero-order valence-corrected chi connectivity index (χ0v) is 33.4. The van der Waals surface area contributed by atoms with Gasteiger partial charge in [-0.3, -0.25) is 0 Å². The van der Waals surface area contributed by atoms with Gasteiger partial charge in [0, 0.05) is 77.6 Å². The first kappa shape index (κ1) is 41.2. The van der Waals surface area contributed by atoms with Crippen LogP contribution in [0.3, 0.4) is 0 Å². The second kappa shape index (κ2) is 20.1. The first-order chi connectivity index (χ1) is 27.9. The van der Waals surface area contributed by atoms with Gasteiger partial charge in [-0.25, -0.2) is 13.2 Å². The number of alkyl halides is 1. The summed E-state index contributed by atoms with van der Waals surface area (Å²) in [6.45, 7) is 12.7. The van der Waals surface area contributed by atoms with E-state index in [0.717, 1.165) is 137 Å². The molecule has 6 heterocycles. The van der Waals surface area contributed by atoms with Gasteiger partial charge in [-0.15, -0.1) is 11.6 Å². The molecule has 14 heteroatoms. The molecule has 3 aliphatic rings. The van der Waals surface area contributed by atoms with Crippen LogP contribution in [0.4, 0.5) is 13.2 Å². The Bertz CT molecular complexity index is 2150. The number of nitrogens with zero attached hydrogens (tertiary/aromatic N) is 5. The van der Waals surface area contributed by atoms with Crippen LogP contribution in [0, 0.1) is 17.5 Å². The fourth-order valence-corrected chi connectivity index (χ4v) is 8.53. The third-order valence-corrected chi connectivity index (χ3v) is 11.7. The van der Waals surface area contributed by atoms with Crippen LogP contribution in [-0.4, -0.2) is 96.6 Å². The fourth-order valence-electron chi connectivity index (χ4n) is 8.29. The predicted molar refractivity (Wildman–Crippen MR) is 217 cm³/mol. The lowest BCUT2D eigenvalue weighted by Gasteiger charge is -2.31. The van der Waals surface area contributed by atoms with Gasteiger partial charge in [0.2, 0.25) is 0 Å². The normalized spacial score (nSPS) is 17.8. The number of fused-ring (bicyclic) bond motifs is 3. The van der Waals surface area contributed by atoms with E-state index < -0.39 is 0 Å². The van der Waals surface area contributed by atoms with E-state index in [2.05, 4.69) is 42.8 Å². The third kappa shape index (κ3) is 10.5. The second-order valence-electron chi connectivity index (χ2n) is 15.3. The molecule has 3 aromatic heterocycles. The van der Waals surface area contributed by atoms with Crippen molar-refractivity contribution in [2.45, 2.75) is 69.6 Å². The predicted octanol–water partition coefficient (Wildman–Crippen LogP) is 8.96. The Balaban J connectivity index is 0.000000132. The van der Waals surface area contributed by atoms with Crippen LogP contribution >= 0.6 is 11.6 Å².